The predicted molar refractivity (Wildman–Crippen MR) is 187 cm³/mol. The van der Waals surface area contributed by atoms with Crippen LogP contribution >= 0.6 is 34.7 Å². The van der Waals surface area contributed by atoms with Crippen LogP contribution in [0.1, 0.15) is 35.2 Å². The van der Waals surface area contributed by atoms with Gasteiger partial charge in [0.25, 0.3) is 11.5 Å². The number of anilines is 1. The molecule has 0 N–H and O–H groups in total. The minimum absolute atomic E-state index is 0.159. The maximum atomic E-state index is 14.7. The molecule has 3 heterocycles. The molecular formula is C37H28ClN3O4S2. The molecule has 0 saturated heterocycles. The largest absolute Gasteiger partial charge is 0.463 e. The second kappa shape index (κ2) is 12.8. The second-order valence-electron chi connectivity index (χ2n) is 10.9. The van der Waals surface area contributed by atoms with Crippen LogP contribution < -0.4 is 19.8 Å². The Balaban J connectivity index is 1.49. The molecule has 2 aliphatic rings. The van der Waals surface area contributed by atoms with Crippen LogP contribution in [0.4, 0.5) is 5.69 Å². The van der Waals surface area contributed by atoms with Crippen molar-refractivity contribution in [1.29, 1.82) is 0 Å². The quantitative estimate of drug-likeness (QED) is 0.151. The number of nitrogens with zero attached hydrogens (tertiary/aromatic N) is 3. The van der Waals surface area contributed by atoms with Crippen molar-refractivity contribution in [3.63, 3.8) is 0 Å². The van der Waals surface area contributed by atoms with Gasteiger partial charge in [-0.15, -0.1) is 11.8 Å². The summed E-state index contributed by atoms with van der Waals surface area (Å²) in [5, 5.41) is 0.610. The number of carbonyl (C=O) groups excluding carboxylic acids is 2. The fraction of sp³-hybridized carbons (Fsp3) is 0.135. The van der Waals surface area contributed by atoms with Crippen molar-refractivity contribution < 1.29 is 14.3 Å². The lowest BCUT2D eigenvalue weighted by molar-refractivity contribution is -0.138. The van der Waals surface area contributed by atoms with Gasteiger partial charge in [0.05, 0.1) is 41.7 Å². The Morgan fingerprint density at radius 2 is 1.64 bits per heavy atom. The molecule has 47 heavy (non-hydrogen) atoms. The summed E-state index contributed by atoms with van der Waals surface area (Å²) in [5.41, 5.74) is 4.36. The molecule has 10 heteroatoms. The van der Waals surface area contributed by atoms with Crippen molar-refractivity contribution in [2.45, 2.75) is 24.4 Å². The number of halogens is 1. The highest BCUT2D eigenvalue weighted by Gasteiger charge is 2.38. The highest BCUT2D eigenvalue weighted by Crippen LogP contribution is 2.38. The minimum Gasteiger partial charge on any atom is -0.463 e. The Hall–Kier alpha value is -4.70. The number of ether oxygens (including phenoxy) is 1. The topological polar surface area (TPSA) is 81.0 Å². The van der Waals surface area contributed by atoms with Crippen molar-refractivity contribution in [2.75, 3.05) is 17.8 Å². The van der Waals surface area contributed by atoms with E-state index in [-0.39, 0.29) is 22.6 Å². The summed E-state index contributed by atoms with van der Waals surface area (Å²) in [4.78, 5) is 50.8. The molecule has 1 atom stereocenters. The molecule has 0 unspecified atom stereocenters. The van der Waals surface area contributed by atoms with Crippen molar-refractivity contribution in [1.82, 2.24) is 4.57 Å². The number of hydrogen-bond acceptors (Lipinski definition) is 7. The van der Waals surface area contributed by atoms with Crippen LogP contribution in [0.3, 0.4) is 0 Å². The van der Waals surface area contributed by atoms with Gasteiger partial charge in [0.15, 0.2) is 4.80 Å². The van der Waals surface area contributed by atoms with Crippen LogP contribution in [-0.4, -0.2) is 29.3 Å². The van der Waals surface area contributed by atoms with Crippen LogP contribution in [0.25, 0.3) is 11.3 Å². The summed E-state index contributed by atoms with van der Waals surface area (Å²) in [5.74, 6) is -0.830. The lowest BCUT2D eigenvalue weighted by Gasteiger charge is -2.26. The molecule has 7 rings (SSSR count). The van der Waals surface area contributed by atoms with E-state index in [9.17, 15) is 14.4 Å². The van der Waals surface area contributed by atoms with Gasteiger partial charge < -0.3 is 9.64 Å². The molecule has 0 saturated carbocycles. The second-order valence-corrected chi connectivity index (χ2v) is 13.2. The van der Waals surface area contributed by atoms with E-state index in [1.807, 2.05) is 97.3 Å². The lowest BCUT2D eigenvalue weighted by atomic mass is 9.93. The molecule has 2 aliphatic heterocycles. The molecule has 0 spiro atoms. The molecule has 0 aliphatic carbocycles. The molecule has 5 aromatic rings. The first kappa shape index (κ1) is 30.9. The SMILES string of the molecule is CCOC(=O)C1=C(c2ccccc2)N=c2s/c(=C3/C(=O)N(Cc4ccc(Cl)cc4)c4ccccc43)c(=O)n2[C@@H]1c1ccc(SC)cc1. The Morgan fingerprint density at radius 3 is 2.34 bits per heavy atom. The van der Waals surface area contributed by atoms with Gasteiger partial charge in [0.2, 0.25) is 0 Å². The van der Waals surface area contributed by atoms with E-state index in [4.69, 9.17) is 21.3 Å². The normalized spacial score (nSPS) is 16.5. The molecule has 0 radical (unpaired) electrons. The van der Waals surface area contributed by atoms with Crippen molar-refractivity contribution in [3.8, 4) is 0 Å². The molecule has 4 aromatic carbocycles. The summed E-state index contributed by atoms with van der Waals surface area (Å²) in [7, 11) is 0. The first-order valence-electron chi connectivity index (χ1n) is 15.0. The van der Waals surface area contributed by atoms with Crippen LogP contribution in [0.5, 0.6) is 0 Å². The zero-order valence-corrected chi connectivity index (χ0v) is 27.9. The average molecular weight is 678 g/mol. The molecule has 1 amide bonds. The summed E-state index contributed by atoms with van der Waals surface area (Å²) in [6.45, 7) is 2.22. The fourth-order valence-corrected chi connectivity index (χ4v) is 7.65. The van der Waals surface area contributed by atoms with E-state index in [0.717, 1.165) is 38.6 Å². The van der Waals surface area contributed by atoms with E-state index in [1.54, 1.807) is 35.7 Å². The third-order valence-corrected chi connectivity index (χ3v) is 10.2. The molecule has 1 aromatic heterocycles. The number of thioether (sulfide) groups is 1. The highest BCUT2D eigenvalue weighted by molar-refractivity contribution is 7.98. The minimum atomic E-state index is -0.831. The van der Waals surface area contributed by atoms with Crippen molar-refractivity contribution in [2.24, 2.45) is 4.99 Å². The Labute approximate surface area is 284 Å². The van der Waals surface area contributed by atoms with Gasteiger partial charge in [-0.25, -0.2) is 9.79 Å². The Kier molecular flexibility index (Phi) is 8.44. The van der Waals surface area contributed by atoms with Gasteiger partial charge in [0, 0.05) is 21.0 Å². The number of amides is 1. The number of carbonyl (C=O) groups is 2. The summed E-state index contributed by atoms with van der Waals surface area (Å²) >= 11 is 8.87. The Morgan fingerprint density at radius 1 is 0.936 bits per heavy atom. The van der Waals surface area contributed by atoms with Crippen LogP contribution in [-0.2, 0) is 20.9 Å². The maximum Gasteiger partial charge on any atom is 0.338 e. The lowest BCUT2D eigenvalue weighted by Crippen LogP contribution is -2.41. The smallest absolute Gasteiger partial charge is 0.338 e. The highest BCUT2D eigenvalue weighted by atomic mass is 35.5. The standard InChI is InChI=1S/C37H28ClN3O4S2/c1-3-45-36(44)30-31(23-9-5-4-6-10-23)39-37-41(32(30)24-15-19-26(46-2)20-16-24)35(43)33(47-37)29-27-11-7-8-12-28(27)40(34(29)42)21-22-13-17-25(38)18-14-22/h4-20,32H,3,21H2,1-2H3/b33-29+/t32-/m1/s1. The fourth-order valence-electron chi connectivity index (χ4n) is 6.02. The molecule has 0 fully saturated rings. The van der Waals surface area contributed by atoms with Crippen LogP contribution in [0.2, 0.25) is 5.02 Å². The summed E-state index contributed by atoms with van der Waals surface area (Å²) in [6.07, 6.45) is 1.99. The van der Waals surface area contributed by atoms with E-state index in [0.29, 0.717) is 33.2 Å². The number of esters is 1. The van der Waals surface area contributed by atoms with Gasteiger partial charge >= 0.3 is 5.97 Å². The number of hydrogen-bond donors (Lipinski definition) is 0. The van der Waals surface area contributed by atoms with E-state index in [1.165, 1.54) is 4.57 Å². The number of thiazole rings is 1. The number of fused-ring (bicyclic) bond motifs is 2. The van der Waals surface area contributed by atoms with Crippen LogP contribution in [0.15, 0.2) is 123 Å². The number of aromatic nitrogens is 1. The molecule has 7 nitrogen and oxygen atoms in total. The van der Waals surface area contributed by atoms with Gasteiger partial charge in [0.1, 0.15) is 4.53 Å². The number of rotatable bonds is 7. The zero-order chi connectivity index (χ0) is 32.7. The summed E-state index contributed by atoms with van der Waals surface area (Å²) in [6, 6.07) is 31.2. The van der Waals surface area contributed by atoms with Crippen molar-refractivity contribution >= 4 is 63.5 Å². The Bertz CT molecular complexity index is 2240. The van der Waals surface area contributed by atoms with Gasteiger partial charge in [-0.05, 0) is 54.6 Å². The van der Waals surface area contributed by atoms with E-state index >= 15 is 0 Å². The van der Waals surface area contributed by atoms with E-state index in [2.05, 4.69) is 0 Å². The monoisotopic (exact) mass is 677 g/mol. The summed E-state index contributed by atoms with van der Waals surface area (Å²) < 4.78 is 7.39. The number of para-hydroxylation sites is 1. The van der Waals surface area contributed by atoms with Crippen molar-refractivity contribution in [3.05, 3.63) is 156 Å². The van der Waals surface area contributed by atoms with Gasteiger partial charge in [-0.1, -0.05) is 95.7 Å². The number of benzene rings is 4. The maximum absolute atomic E-state index is 14.7. The van der Waals surface area contributed by atoms with E-state index < -0.39 is 17.6 Å². The third-order valence-electron chi connectivity index (χ3n) is 8.18. The van der Waals surface area contributed by atoms with Gasteiger partial charge in [-0.3, -0.25) is 14.2 Å². The molecular weight excluding hydrogens is 650 g/mol. The average Bonchev–Trinajstić information content (AvgIpc) is 3.57. The first-order valence-corrected chi connectivity index (χ1v) is 17.4. The first-order chi connectivity index (χ1) is 22.9. The third kappa shape index (κ3) is 5.54. The van der Waals surface area contributed by atoms with Gasteiger partial charge in [-0.2, -0.15) is 0 Å². The zero-order valence-electron chi connectivity index (χ0n) is 25.5. The van der Waals surface area contributed by atoms with Crippen LogP contribution in [0, 0.1) is 0 Å². The molecule has 0 bridgehead atoms. The molecule has 234 valence electrons. The predicted octanol–water partition coefficient (Wildman–Crippen LogP) is 6.23.